The van der Waals surface area contributed by atoms with Gasteiger partial charge in [0.2, 0.25) is 0 Å². The van der Waals surface area contributed by atoms with Crippen LogP contribution in [0, 0.1) is 0 Å². The molecule has 0 amide bonds. The molecule has 0 spiro atoms. The fourth-order valence-electron chi connectivity index (χ4n) is 0.935. The Balaban J connectivity index is 4.09. The van der Waals surface area contributed by atoms with Crippen LogP contribution >= 0.6 is 0 Å². The van der Waals surface area contributed by atoms with Crippen molar-refractivity contribution in [3.05, 3.63) is 0 Å². The lowest BCUT2D eigenvalue weighted by Gasteiger charge is -2.30. The summed E-state index contributed by atoms with van der Waals surface area (Å²) in [5.74, 6) is -0.977. The molecule has 0 saturated carbocycles. The van der Waals surface area contributed by atoms with Gasteiger partial charge in [0, 0.05) is 28.4 Å². The third kappa shape index (κ3) is 3.06. The summed E-state index contributed by atoms with van der Waals surface area (Å²) in [6, 6.07) is 0. The van der Waals surface area contributed by atoms with Crippen molar-refractivity contribution < 1.29 is 18.9 Å². The minimum absolute atomic E-state index is 0.0323. The Bertz CT molecular complexity index is 103. The van der Waals surface area contributed by atoms with Crippen LogP contribution in [0.25, 0.3) is 0 Å². The predicted molar refractivity (Wildman–Crippen MR) is 44.8 cm³/mol. The standard InChI is InChI=1S/C8H18O4/c1-7(9-2)6-8(10-3,11-4)12-5/h7H,6H2,1-5H3. The summed E-state index contributed by atoms with van der Waals surface area (Å²) in [4.78, 5) is 0. The van der Waals surface area contributed by atoms with Crippen molar-refractivity contribution in [1.82, 2.24) is 0 Å². The molecule has 0 aromatic heterocycles. The lowest BCUT2D eigenvalue weighted by atomic mass is 10.2. The molecule has 0 saturated heterocycles. The van der Waals surface area contributed by atoms with Crippen molar-refractivity contribution in [2.24, 2.45) is 0 Å². The second kappa shape index (κ2) is 5.48. The Morgan fingerprint density at radius 1 is 1.00 bits per heavy atom. The van der Waals surface area contributed by atoms with Crippen LogP contribution in [0.3, 0.4) is 0 Å². The Morgan fingerprint density at radius 3 is 1.67 bits per heavy atom. The first kappa shape index (κ1) is 11.8. The lowest BCUT2D eigenvalue weighted by Crippen LogP contribution is -2.39. The van der Waals surface area contributed by atoms with Gasteiger partial charge in [-0.05, 0) is 6.92 Å². The quantitative estimate of drug-likeness (QED) is 0.569. The van der Waals surface area contributed by atoms with Gasteiger partial charge < -0.3 is 18.9 Å². The third-order valence-corrected chi connectivity index (χ3v) is 1.87. The van der Waals surface area contributed by atoms with Gasteiger partial charge in [-0.1, -0.05) is 0 Å². The topological polar surface area (TPSA) is 36.9 Å². The van der Waals surface area contributed by atoms with E-state index in [1.165, 1.54) is 21.3 Å². The highest BCUT2D eigenvalue weighted by Gasteiger charge is 2.31. The van der Waals surface area contributed by atoms with Gasteiger partial charge in [0.25, 0.3) is 5.97 Å². The highest BCUT2D eigenvalue weighted by molar-refractivity contribution is 4.61. The number of ether oxygens (including phenoxy) is 4. The van der Waals surface area contributed by atoms with Gasteiger partial charge >= 0.3 is 0 Å². The number of methoxy groups -OCH3 is 4. The van der Waals surface area contributed by atoms with Crippen LogP contribution in [0.15, 0.2) is 0 Å². The number of hydrogen-bond acceptors (Lipinski definition) is 4. The Hall–Kier alpha value is -0.160. The molecule has 0 fully saturated rings. The van der Waals surface area contributed by atoms with E-state index in [2.05, 4.69) is 0 Å². The molecule has 4 nitrogen and oxygen atoms in total. The largest absolute Gasteiger partial charge is 0.381 e. The molecule has 4 heteroatoms. The molecular formula is C8H18O4. The molecule has 0 rings (SSSR count). The minimum atomic E-state index is -0.977. The maximum Gasteiger partial charge on any atom is 0.284 e. The van der Waals surface area contributed by atoms with Gasteiger partial charge in [-0.15, -0.1) is 0 Å². The monoisotopic (exact) mass is 178 g/mol. The summed E-state index contributed by atoms with van der Waals surface area (Å²) in [5.41, 5.74) is 0. The highest BCUT2D eigenvalue weighted by Crippen LogP contribution is 2.19. The van der Waals surface area contributed by atoms with Crippen molar-refractivity contribution in [1.29, 1.82) is 0 Å². The maximum atomic E-state index is 5.08. The van der Waals surface area contributed by atoms with Crippen LogP contribution < -0.4 is 0 Å². The second-order valence-electron chi connectivity index (χ2n) is 2.55. The second-order valence-corrected chi connectivity index (χ2v) is 2.55. The van der Waals surface area contributed by atoms with Gasteiger partial charge in [-0.3, -0.25) is 0 Å². The molecule has 0 bridgehead atoms. The van der Waals surface area contributed by atoms with Crippen molar-refractivity contribution in [3.8, 4) is 0 Å². The molecule has 1 unspecified atom stereocenters. The molecule has 0 radical (unpaired) electrons. The van der Waals surface area contributed by atoms with Crippen LogP contribution in [0.1, 0.15) is 13.3 Å². The molecule has 74 valence electrons. The average molecular weight is 178 g/mol. The van der Waals surface area contributed by atoms with Gasteiger partial charge in [-0.2, -0.15) is 0 Å². The van der Waals surface area contributed by atoms with Gasteiger partial charge in [-0.25, -0.2) is 0 Å². The Labute approximate surface area is 73.7 Å². The van der Waals surface area contributed by atoms with E-state index in [0.29, 0.717) is 6.42 Å². The summed E-state index contributed by atoms with van der Waals surface area (Å²) in [7, 11) is 6.25. The molecule has 0 aliphatic heterocycles. The Morgan fingerprint density at radius 2 is 1.42 bits per heavy atom. The molecule has 0 aromatic carbocycles. The number of rotatable bonds is 6. The van der Waals surface area contributed by atoms with E-state index in [0.717, 1.165) is 0 Å². The van der Waals surface area contributed by atoms with Crippen molar-refractivity contribution >= 4 is 0 Å². The molecular weight excluding hydrogens is 160 g/mol. The van der Waals surface area contributed by atoms with E-state index in [1.807, 2.05) is 6.92 Å². The molecule has 0 N–H and O–H groups in total. The zero-order valence-corrected chi connectivity index (χ0v) is 8.42. The van der Waals surface area contributed by atoms with E-state index >= 15 is 0 Å². The number of hydrogen-bond donors (Lipinski definition) is 0. The summed E-state index contributed by atoms with van der Waals surface area (Å²) in [6.07, 6.45) is 0.567. The molecule has 12 heavy (non-hydrogen) atoms. The van der Waals surface area contributed by atoms with E-state index in [1.54, 1.807) is 7.11 Å². The van der Waals surface area contributed by atoms with E-state index in [-0.39, 0.29) is 6.10 Å². The molecule has 0 heterocycles. The van der Waals surface area contributed by atoms with Crippen LogP contribution in [0.5, 0.6) is 0 Å². The average Bonchev–Trinajstić information content (AvgIpc) is 2.14. The summed E-state index contributed by atoms with van der Waals surface area (Å²) in [5, 5.41) is 0. The highest BCUT2D eigenvalue weighted by atomic mass is 16.9. The van der Waals surface area contributed by atoms with E-state index < -0.39 is 5.97 Å². The third-order valence-electron chi connectivity index (χ3n) is 1.87. The zero-order chi connectivity index (χ0) is 9.61. The van der Waals surface area contributed by atoms with Gasteiger partial charge in [0.05, 0.1) is 12.5 Å². The van der Waals surface area contributed by atoms with Crippen molar-refractivity contribution in [3.63, 3.8) is 0 Å². The minimum Gasteiger partial charge on any atom is -0.381 e. The van der Waals surface area contributed by atoms with Gasteiger partial charge in [0.15, 0.2) is 0 Å². The normalized spacial score (nSPS) is 14.8. The fraction of sp³-hybridized carbons (Fsp3) is 1.00. The maximum absolute atomic E-state index is 5.08. The first-order valence-corrected chi connectivity index (χ1v) is 3.82. The van der Waals surface area contributed by atoms with Crippen molar-refractivity contribution in [2.75, 3.05) is 28.4 Å². The smallest absolute Gasteiger partial charge is 0.284 e. The Kier molecular flexibility index (Phi) is 5.41. The van der Waals surface area contributed by atoms with Crippen LogP contribution in [-0.2, 0) is 18.9 Å². The molecule has 1 atom stereocenters. The fourth-order valence-corrected chi connectivity index (χ4v) is 0.935. The predicted octanol–water partition coefficient (Wildman–Crippen LogP) is 1.00. The van der Waals surface area contributed by atoms with E-state index in [9.17, 15) is 0 Å². The first-order chi connectivity index (χ1) is 5.64. The summed E-state index contributed by atoms with van der Waals surface area (Å²) >= 11 is 0. The van der Waals surface area contributed by atoms with E-state index in [4.69, 9.17) is 18.9 Å². The van der Waals surface area contributed by atoms with Crippen molar-refractivity contribution in [2.45, 2.75) is 25.4 Å². The summed E-state index contributed by atoms with van der Waals surface area (Å²) in [6.45, 7) is 1.92. The van der Waals surface area contributed by atoms with Gasteiger partial charge in [0.1, 0.15) is 0 Å². The summed E-state index contributed by atoms with van der Waals surface area (Å²) < 4.78 is 20.3. The van der Waals surface area contributed by atoms with Crippen LogP contribution in [0.2, 0.25) is 0 Å². The first-order valence-electron chi connectivity index (χ1n) is 3.82. The lowest BCUT2D eigenvalue weighted by molar-refractivity contribution is -0.361. The van der Waals surface area contributed by atoms with Crippen LogP contribution in [0.4, 0.5) is 0 Å². The molecule has 0 aromatic rings. The zero-order valence-electron chi connectivity index (χ0n) is 8.42. The van der Waals surface area contributed by atoms with Crippen LogP contribution in [-0.4, -0.2) is 40.5 Å². The molecule has 0 aliphatic rings. The SMILES string of the molecule is COC(C)CC(OC)(OC)OC. The molecule has 0 aliphatic carbocycles.